The summed E-state index contributed by atoms with van der Waals surface area (Å²) in [6.45, 7) is 5.00. The third kappa shape index (κ3) is 5.70. The number of hydroxylamine groups is 1. The first-order valence-corrected chi connectivity index (χ1v) is 5.42. The molecule has 0 saturated carbocycles. The molecule has 17 heavy (non-hydrogen) atoms. The zero-order chi connectivity index (χ0) is 12.9. The highest BCUT2D eigenvalue weighted by molar-refractivity contribution is 5.77. The maximum Gasteiger partial charge on any atom is 0.374 e. The van der Waals surface area contributed by atoms with Gasteiger partial charge in [0.25, 0.3) is 0 Å². The minimum Gasteiger partial charge on any atom is -0.623 e. The Morgan fingerprint density at radius 3 is 2.47 bits per heavy atom. The van der Waals surface area contributed by atoms with Gasteiger partial charge in [-0.25, -0.2) is 4.79 Å². The molecule has 0 radical (unpaired) electrons. The van der Waals surface area contributed by atoms with Gasteiger partial charge in [0.2, 0.25) is 6.54 Å². The van der Waals surface area contributed by atoms with Gasteiger partial charge < -0.3 is 9.94 Å². The van der Waals surface area contributed by atoms with E-state index in [1.807, 2.05) is 18.2 Å². The average Bonchev–Trinajstić information content (AvgIpc) is 2.15. The minimum atomic E-state index is -0.565. The number of benzene rings is 1. The Morgan fingerprint density at radius 1 is 1.35 bits per heavy atom. The van der Waals surface area contributed by atoms with Crippen LogP contribution in [0, 0.1) is 5.21 Å². The van der Waals surface area contributed by atoms with Crippen LogP contribution >= 0.6 is 0 Å². The van der Waals surface area contributed by atoms with Crippen molar-refractivity contribution in [2.24, 2.45) is 0 Å². The number of hydrogen-bond donors (Lipinski definition) is 0. The number of carbonyl (C=O) groups excluding carboxylic acids is 1. The Bertz CT molecular complexity index is 404. The predicted octanol–water partition coefficient (Wildman–Crippen LogP) is 1.96. The van der Waals surface area contributed by atoms with E-state index in [0.717, 1.165) is 5.56 Å². The highest BCUT2D eigenvalue weighted by Crippen LogP contribution is 2.06. The van der Waals surface area contributed by atoms with Crippen molar-refractivity contribution in [3.63, 3.8) is 0 Å². The largest absolute Gasteiger partial charge is 0.623 e. The highest BCUT2D eigenvalue weighted by atomic mass is 16.6. The lowest BCUT2D eigenvalue weighted by atomic mass is 10.2. The Kier molecular flexibility index (Phi) is 4.26. The van der Waals surface area contributed by atoms with E-state index >= 15 is 0 Å². The van der Waals surface area contributed by atoms with E-state index in [9.17, 15) is 10.0 Å². The molecular formula is C13H17NO3. The molecule has 1 aromatic rings. The summed E-state index contributed by atoms with van der Waals surface area (Å²) in [6, 6.07) is 9.10. The summed E-state index contributed by atoms with van der Waals surface area (Å²) in [5.41, 5.74) is 0.191. The Hall–Kier alpha value is -1.84. The van der Waals surface area contributed by atoms with Crippen LogP contribution in [0.15, 0.2) is 30.3 Å². The second-order valence-electron chi connectivity index (χ2n) is 4.70. The Morgan fingerprint density at radius 2 is 1.94 bits per heavy atom. The zero-order valence-corrected chi connectivity index (χ0v) is 10.3. The summed E-state index contributed by atoms with van der Waals surface area (Å²) in [4.78, 5) is 11.4. The number of nitrogens with zero attached hydrogens (tertiary/aromatic N) is 1. The Balaban J connectivity index is 2.58. The quantitative estimate of drug-likeness (QED) is 0.264. The lowest BCUT2D eigenvalue weighted by Crippen LogP contribution is -2.29. The third-order valence-electron chi connectivity index (χ3n) is 1.80. The first-order valence-electron chi connectivity index (χ1n) is 5.42. The molecule has 0 spiro atoms. The van der Waals surface area contributed by atoms with Crippen LogP contribution < -0.4 is 0 Å². The lowest BCUT2D eigenvalue weighted by Gasteiger charge is -2.18. The van der Waals surface area contributed by atoms with Crippen LogP contribution in [0.3, 0.4) is 0 Å². The second kappa shape index (κ2) is 5.48. The smallest absolute Gasteiger partial charge is 0.374 e. The maximum atomic E-state index is 11.5. The van der Waals surface area contributed by atoms with Crippen LogP contribution in [0.2, 0.25) is 0 Å². The lowest BCUT2D eigenvalue weighted by molar-refractivity contribution is -0.443. The fourth-order valence-corrected chi connectivity index (χ4v) is 1.25. The van der Waals surface area contributed by atoms with Crippen molar-refractivity contribution in [1.29, 1.82) is 0 Å². The molecule has 0 atom stereocenters. The molecule has 0 aromatic heterocycles. The van der Waals surface area contributed by atoms with Gasteiger partial charge in [-0.1, -0.05) is 18.2 Å². The molecule has 0 saturated heterocycles. The van der Waals surface area contributed by atoms with Crippen LogP contribution in [0.25, 0.3) is 0 Å². The van der Waals surface area contributed by atoms with E-state index < -0.39 is 11.6 Å². The molecule has 0 aliphatic heterocycles. The molecular weight excluding hydrogens is 218 g/mol. The minimum absolute atomic E-state index is 0.299. The monoisotopic (exact) mass is 235 g/mol. The van der Waals surface area contributed by atoms with Crippen molar-refractivity contribution < 1.29 is 14.3 Å². The molecule has 0 heterocycles. The van der Waals surface area contributed by atoms with Gasteiger partial charge in [-0.15, -0.1) is 0 Å². The van der Waals surface area contributed by atoms with Crippen LogP contribution in [-0.4, -0.2) is 29.1 Å². The number of rotatable bonds is 3. The van der Waals surface area contributed by atoms with Gasteiger partial charge in [0.1, 0.15) is 5.60 Å². The summed E-state index contributed by atoms with van der Waals surface area (Å²) in [5, 5.41) is 11.5. The van der Waals surface area contributed by atoms with Crippen molar-refractivity contribution in [3.8, 4) is 0 Å². The Labute approximate surface area is 101 Å². The normalized spacial score (nSPS) is 12.3. The standard InChI is InChI=1S/C13H17NO3/c1-13(2,3)17-12(15)10-14(16)9-11-7-5-4-6-8-11/h4-9H,10H2,1-3H3/b14-9-. The van der Waals surface area contributed by atoms with Crippen LogP contribution in [0.4, 0.5) is 0 Å². The summed E-state index contributed by atoms with van der Waals surface area (Å²) in [5.74, 6) is -0.528. The first kappa shape index (κ1) is 13.2. The van der Waals surface area contributed by atoms with Crippen LogP contribution in [-0.2, 0) is 9.53 Å². The molecule has 0 unspecified atom stereocenters. The molecule has 1 rings (SSSR count). The van der Waals surface area contributed by atoms with E-state index in [0.29, 0.717) is 4.74 Å². The first-order chi connectivity index (χ1) is 7.87. The number of esters is 1. The topological polar surface area (TPSA) is 52.4 Å². The highest BCUT2D eigenvalue weighted by Gasteiger charge is 2.18. The summed E-state index contributed by atoms with van der Waals surface area (Å²) < 4.78 is 5.62. The second-order valence-corrected chi connectivity index (χ2v) is 4.70. The van der Waals surface area contributed by atoms with Crippen molar-refractivity contribution in [1.82, 2.24) is 0 Å². The predicted molar refractivity (Wildman–Crippen MR) is 65.9 cm³/mol. The average molecular weight is 235 g/mol. The zero-order valence-electron chi connectivity index (χ0n) is 10.3. The van der Waals surface area contributed by atoms with Gasteiger partial charge in [-0.2, -0.15) is 4.74 Å². The van der Waals surface area contributed by atoms with Gasteiger partial charge >= 0.3 is 5.97 Å². The van der Waals surface area contributed by atoms with E-state index in [1.165, 1.54) is 6.21 Å². The van der Waals surface area contributed by atoms with Crippen molar-refractivity contribution in [3.05, 3.63) is 41.1 Å². The van der Waals surface area contributed by atoms with Gasteiger partial charge in [0, 0.05) is 5.56 Å². The molecule has 0 aliphatic carbocycles. The fraction of sp³-hybridized carbons (Fsp3) is 0.385. The molecule has 0 fully saturated rings. The molecule has 0 aliphatic rings. The number of carbonyl (C=O) groups is 1. The van der Waals surface area contributed by atoms with Gasteiger partial charge in [0.15, 0.2) is 6.21 Å². The van der Waals surface area contributed by atoms with Crippen molar-refractivity contribution >= 4 is 12.2 Å². The summed E-state index contributed by atoms with van der Waals surface area (Å²) >= 11 is 0. The molecule has 4 heteroatoms. The van der Waals surface area contributed by atoms with Crippen molar-refractivity contribution in [2.75, 3.05) is 6.54 Å². The molecule has 0 amide bonds. The summed E-state index contributed by atoms with van der Waals surface area (Å²) in [7, 11) is 0. The SMILES string of the molecule is CC(C)(C)OC(=O)C/[N+]([O-])=C/c1ccccc1. The molecule has 0 N–H and O–H groups in total. The van der Waals surface area contributed by atoms with E-state index in [-0.39, 0.29) is 6.54 Å². The van der Waals surface area contributed by atoms with Gasteiger partial charge in [0.05, 0.1) is 0 Å². The number of ether oxygens (including phenoxy) is 1. The van der Waals surface area contributed by atoms with Crippen LogP contribution in [0.5, 0.6) is 0 Å². The summed E-state index contributed by atoms with van der Waals surface area (Å²) in [6.07, 6.45) is 1.36. The maximum absolute atomic E-state index is 11.5. The van der Waals surface area contributed by atoms with Gasteiger partial charge in [-0.3, -0.25) is 0 Å². The van der Waals surface area contributed by atoms with Gasteiger partial charge in [-0.05, 0) is 32.9 Å². The molecule has 92 valence electrons. The van der Waals surface area contributed by atoms with Crippen LogP contribution in [0.1, 0.15) is 26.3 Å². The van der Waals surface area contributed by atoms with E-state index in [4.69, 9.17) is 4.74 Å². The molecule has 0 bridgehead atoms. The third-order valence-corrected chi connectivity index (χ3v) is 1.80. The number of hydrogen-bond acceptors (Lipinski definition) is 3. The van der Waals surface area contributed by atoms with E-state index in [1.54, 1.807) is 32.9 Å². The van der Waals surface area contributed by atoms with E-state index in [2.05, 4.69) is 0 Å². The van der Waals surface area contributed by atoms with Crippen molar-refractivity contribution in [2.45, 2.75) is 26.4 Å². The molecule has 4 nitrogen and oxygen atoms in total. The fourth-order valence-electron chi connectivity index (χ4n) is 1.25. The molecule has 1 aromatic carbocycles.